The van der Waals surface area contributed by atoms with E-state index in [0.717, 1.165) is 13.0 Å². The number of aryl methyl sites for hydroxylation is 1. The third kappa shape index (κ3) is 4.55. The van der Waals surface area contributed by atoms with Gasteiger partial charge in [0.05, 0.1) is 0 Å². The van der Waals surface area contributed by atoms with Crippen LogP contribution >= 0.6 is 0 Å². The zero-order valence-electron chi connectivity index (χ0n) is 14.4. The lowest BCUT2D eigenvalue weighted by Crippen LogP contribution is -2.60. The molecule has 0 aliphatic carbocycles. The van der Waals surface area contributed by atoms with Gasteiger partial charge in [0, 0.05) is 31.7 Å². The molecule has 1 aliphatic rings. The predicted octanol–water partition coefficient (Wildman–Crippen LogP) is 3.64. The van der Waals surface area contributed by atoms with Gasteiger partial charge in [-0.3, -0.25) is 4.90 Å². The second-order valence-corrected chi connectivity index (χ2v) is 7.62. The molecule has 1 aromatic rings. The van der Waals surface area contributed by atoms with Crippen LogP contribution in [0, 0.1) is 12.3 Å². The van der Waals surface area contributed by atoms with E-state index in [1.807, 2.05) is 0 Å². The molecule has 0 aromatic heterocycles. The Morgan fingerprint density at radius 3 is 2.67 bits per heavy atom. The van der Waals surface area contributed by atoms with Gasteiger partial charge in [-0.2, -0.15) is 0 Å². The van der Waals surface area contributed by atoms with Gasteiger partial charge in [0.1, 0.15) is 0 Å². The highest BCUT2D eigenvalue weighted by Gasteiger charge is 2.32. The van der Waals surface area contributed by atoms with Crippen LogP contribution in [0.15, 0.2) is 24.3 Å². The molecule has 1 N–H and O–H groups in total. The van der Waals surface area contributed by atoms with E-state index in [1.165, 1.54) is 30.6 Å². The fourth-order valence-corrected chi connectivity index (χ4v) is 3.25. The monoisotopic (exact) mass is 288 g/mol. The minimum absolute atomic E-state index is 0.334. The molecule has 0 radical (unpaired) electrons. The van der Waals surface area contributed by atoms with E-state index in [-0.39, 0.29) is 0 Å². The number of hydrogen-bond acceptors (Lipinski definition) is 2. The van der Waals surface area contributed by atoms with Crippen LogP contribution in [0.2, 0.25) is 0 Å². The minimum Gasteiger partial charge on any atom is -0.311 e. The van der Waals surface area contributed by atoms with Gasteiger partial charge in [0.15, 0.2) is 0 Å². The summed E-state index contributed by atoms with van der Waals surface area (Å²) < 4.78 is 0. The van der Waals surface area contributed by atoms with Gasteiger partial charge in [-0.15, -0.1) is 0 Å². The van der Waals surface area contributed by atoms with Crippen molar-refractivity contribution >= 4 is 0 Å². The third-order valence-corrected chi connectivity index (χ3v) is 4.82. The van der Waals surface area contributed by atoms with Gasteiger partial charge in [-0.25, -0.2) is 0 Å². The molecule has 1 aliphatic heterocycles. The van der Waals surface area contributed by atoms with Crippen molar-refractivity contribution in [3.05, 3.63) is 35.4 Å². The van der Waals surface area contributed by atoms with Crippen molar-refractivity contribution in [2.24, 2.45) is 5.41 Å². The Hall–Kier alpha value is -0.860. The zero-order chi connectivity index (χ0) is 15.5. The molecular formula is C19H32N2. The van der Waals surface area contributed by atoms with Crippen molar-refractivity contribution in [3.63, 3.8) is 0 Å². The summed E-state index contributed by atoms with van der Waals surface area (Å²) in [6, 6.07) is 10.2. The lowest BCUT2D eigenvalue weighted by molar-refractivity contribution is 0.0846. The number of rotatable bonds is 4. The van der Waals surface area contributed by atoms with Crippen LogP contribution < -0.4 is 5.32 Å². The van der Waals surface area contributed by atoms with Crippen LogP contribution in [-0.2, 0) is 6.42 Å². The third-order valence-electron chi connectivity index (χ3n) is 4.82. The van der Waals surface area contributed by atoms with Crippen LogP contribution in [-0.4, -0.2) is 36.6 Å². The minimum atomic E-state index is 0.334. The molecule has 2 heteroatoms. The maximum Gasteiger partial charge on any atom is 0.0244 e. The lowest BCUT2D eigenvalue weighted by atomic mass is 9.84. The first-order valence-corrected chi connectivity index (χ1v) is 8.43. The Bertz CT molecular complexity index is 447. The molecule has 2 atom stereocenters. The molecule has 2 unspecified atom stereocenters. The van der Waals surface area contributed by atoms with E-state index in [4.69, 9.17) is 0 Å². The first kappa shape index (κ1) is 16.5. The van der Waals surface area contributed by atoms with Gasteiger partial charge in [0.25, 0.3) is 0 Å². The molecule has 1 saturated heterocycles. The SMILES string of the molecule is CCC1CNC(C(C)(C)C)CN1CCc1cccc(C)c1. The average Bonchev–Trinajstić information content (AvgIpc) is 2.44. The van der Waals surface area contributed by atoms with Crippen molar-refractivity contribution in [2.75, 3.05) is 19.6 Å². The van der Waals surface area contributed by atoms with Crippen LogP contribution in [0.25, 0.3) is 0 Å². The maximum atomic E-state index is 3.76. The van der Waals surface area contributed by atoms with Gasteiger partial charge in [-0.05, 0) is 30.7 Å². The molecule has 0 bridgehead atoms. The van der Waals surface area contributed by atoms with E-state index in [9.17, 15) is 0 Å². The van der Waals surface area contributed by atoms with Crippen molar-refractivity contribution < 1.29 is 0 Å². The first-order chi connectivity index (χ1) is 9.90. The van der Waals surface area contributed by atoms with Crippen LogP contribution in [0.4, 0.5) is 0 Å². The fraction of sp³-hybridized carbons (Fsp3) is 0.684. The van der Waals surface area contributed by atoms with Crippen LogP contribution in [0.1, 0.15) is 45.2 Å². The molecule has 1 fully saturated rings. The summed E-state index contributed by atoms with van der Waals surface area (Å²) in [5.74, 6) is 0. The van der Waals surface area contributed by atoms with Crippen LogP contribution in [0.5, 0.6) is 0 Å². The zero-order valence-corrected chi connectivity index (χ0v) is 14.4. The Morgan fingerprint density at radius 1 is 1.29 bits per heavy atom. The molecule has 0 spiro atoms. The van der Waals surface area contributed by atoms with E-state index in [2.05, 4.69) is 69.1 Å². The van der Waals surface area contributed by atoms with Crippen LogP contribution in [0.3, 0.4) is 0 Å². The van der Waals surface area contributed by atoms with Gasteiger partial charge in [-0.1, -0.05) is 57.5 Å². The van der Waals surface area contributed by atoms with E-state index < -0.39 is 0 Å². The highest BCUT2D eigenvalue weighted by molar-refractivity contribution is 5.22. The largest absolute Gasteiger partial charge is 0.311 e. The Labute approximate surface area is 130 Å². The predicted molar refractivity (Wildman–Crippen MR) is 91.8 cm³/mol. The van der Waals surface area contributed by atoms with Crippen molar-refractivity contribution in [2.45, 2.75) is 59.5 Å². The van der Waals surface area contributed by atoms with Crippen molar-refractivity contribution in [1.29, 1.82) is 0 Å². The lowest BCUT2D eigenvalue weighted by Gasteiger charge is -2.45. The molecule has 0 saturated carbocycles. The molecule has 21 heavy (non-hydrogen) atoms. The number of benzene rings is 1. The van der Waals surface area contributed by atoms with E-state index in [1.54, 1.807) is 0 Å². The number of hydrogen-bond donors (Lipinski definition) is 1. The van der Waals surface area contributed by atoms with Crippen molar-refractivity contribution in [1.82, 2.24) is 10.2 Å². The van der Waals surface area contributed by atoms with E-state index in [0.29, 0.717) is 17.5 Å². The summed E-state index contributed by atoms with van der Waals surface area (Å²) in [5, 5.41) is 3.76. The van der Waals surface area contributed by atoms with E-state index >= 15 is 0 Å². The topological polar surface area (TPSA) is 15.3 Å². The summed E-state index contributed by atoms with van der Waals surface area (Å²) in [5.41, 5.74) is 3.17. The number of piperazine rings is 1. The number of nitrogens with one attached hydrogen (secondary N) is 1. The standard InChI is InChI=1S/C19H32N2/c1-6-17-13-20-18(19(3,4)5)14-21(17)11-10-16-9-7-8-15(2)12-16/h7-9,12,17-18,20H,6,10-11,13-14H2,1-5H3. The molecule has 118 valence electrons. The van der Waals surface area contributed by atoms with Gasteiger partial charge < -0.3 is 5.32 Å². The molecular weight excluding hydrogens is 256 g/mol. The molecule has 2 rings (SSSR count). The smallest absolute Gasteiger partial charge is 0.0244 e. The second-order valence-electron chi connectivity index (χ2n) is 7.62. The summed E-state index contributed by atoms with van der Waals surface area (Å²) in [7, 11) is 0. The summed E-state index contributed by atoms with van der Waals surface area (Å²) >= 11 is 0. The Kier molecular flexibility index (Phi) is 5.45. The van der Waals surface area contributed by atoms with Gasteiger partial charge in [0.2, 0.25) is 0 Å². The Morgan fingerprint density at radius 2 is 2.05 bits per heavy atom. The quantitative estimate of drug-likeness (QED) is 0.910. The Balaban J connectivity index is 1.98. The molecule has 1 aromatic carbocycles. The normalized spacial score (nSPS) is 24.2. The fourth-order valence-electron chi connectivity index (χ4n) is 3.25. The molecule has 1 heterocycles. The van der Waals surface area contributed by atoms with Gasteiger partial charge >= 0.3 is 0 Å². The molecule has 0 amide bonds. The number of nitrogens with zero attached hydrogens (tertiary/aromatic N) is 1. The first-order valence-electron chi connectivity index (χ1n) is 8.43. The second kappa shape index (κ2) is 6.93. The summed E-state index contributed by atoms with van der Waals surface area (Å²) in [6.07, 6.45) is 2.40. The average molecular weight is 288 g/mol. The highest BCUT2D eigenvalue weighted by Crippen LogP contribution is 2.24. The highest BCUT2D eigenvalue weighted by atomic mass is 15.2. The molecule has 2 nitrogen and oxygen atoms in total. The maximum absolute atomic E-state index is 3.76. The summed E-state index contributed by atoms with van der Waals surface area (Å²) in [4.78, 5) is 2.70. The summed E-state index contributed by atoms with van der Waals surface area (Å²) in [6.45, 7) is 15.0. The van der Waals surface area contributed by atoms with Crippen molar-refractivity contribution in [3.8, 4) is 0 Å².